The van der Waals surface area contributed by atoms with Gasteiger partial charge in [-0.25, -0.2) is 4.98 Å². The Bertz CT molecular complexity index is 731. The number of hydrogen-bond acceptors (Lipinski definition) is 5. The molecule has 1 fully saturated rings. The van der Waals surface area contributed by atoms with Crippen molar-refractivity contribution in [1.82, 2.24) is 25.0 Å². The van der Waals surface area contributed by atoms with Crippen LogP contribution >= 0.6 is 0 Å². The lowest BCUT2D eigenvalue weighted by Crippen LogP contribution is -2.48. The highest BCUT2D eigenvalue weighted by Gasteiger charge is 2.25. The molecule has 3 heterocycles. The van der Waals surface area contributed by atoms with Crippen molar-refractivity contribution in [3.8, 4) is 0 Å². The number of morpholine rings is 1. The molecular weight excluding hydrogens is 354 g/mol. The fraction of sp³-hybridized carbons (Fsp3) is 0.550. The van der Waals surface area contributed by atoms with Gasteiger partial charge in [0.05, 0.1) is 19.3 Å². The second-order valence-corrected chi connectivity index (χ2v) is 6.84. The van der Waals surface area contributed by atoms with Crippen LogP contribution in [0.2, 0.25) is 0 Å². The van der Waals surface area contributed by atoms with Crippen LogP contribution in [0.15, 0.2) is 41.8 Å². The number of pyridine rings is 1. The first kappa shape index (κ1) is 20.1. The van der Waals surface area contributed by atoms with Gasteiger partial charge in [0.2, 0.25) is 0 Å². The number of guanidine groups is 1. The van der Waals surface area contributed by atoms with Crippen LogP contribution in [0.3, 0.4) is 0 Å². The highest BCUT2D eigenvalue weighted by molar-refractivity contribution is 5.80. The first-order chi connectivity index (χ1) is 13.8. The summed E-state index contributed by atoms with van der Waals surface area (Å²) < 4.78 is 7.76. The zero-order valence-electron chi connectivity index (χ0n) is 16.8. The lowest BCUT2D eigenvalue weighted by molar-refractivity contribution is -0.00804. The van der Waals surface area contributed by atoms with Gasteiger partial charge in [0.25, 0.3) is 0 Å². The second kappa shape index (κ2) is 10.7. The van der Waals surface area contributed by atoms with Gasteiger partial charge in [-0.1, -0.05) is 6.07 Å². The van der Waals surface area contributed by atoms with E-state index in [1.807, 2.05) is 42.3 Å². The maximum Gasteiger partial charge on any atom is 0.194 e. The van der Waals surface area contributed by atoms with E-state index in [2.05, 4.69) is 32.5 Å². The van der Waals surface area contributed by atoms with Crippen molar-refractivity contribution < 1.29 is 4.74 Å². The Morgan fingerprint density at radius 1 is 1.36 bits per heavy atom. The largest absolute Gasteiger partial charge is 0.370 e. The summed E-state index contributed by atoms with van der Waals surface area (Å²) in [7, 11) is 1.93. The molecule has 1 aliphatic heterocycles. The molecular formula is C20H31N7O. The number of nitrogens with one attached hydrogen (secondary N) is 2. The highest BCUT2D eigenvalue weighted by atomic mass is 16.5. The molecule has 2 aromatic rings. The fourth-order valence-corrected chi connectivity index (χ4v) is 3.18. The van der Waals surface area contributed by atoms with Gasteiger partial charge in [0.1, 0.15) is 11.9 Å². The number of unbranched alkanes of at least 4 members (excludes halogenated alkanes) is 1. The maximum atomic E-state index is 5.94. The molecule has 2 N–H and O–H groups in total. The molecule has 1 aliphatic rings. The summed E-state index contributed by atoms with van der Waals surface area (Å²) in [5.41, 5.74) is 1.11. The average Bonchev–Trinajstić information content (AvgIpc) is 3.17. The smallest absolute Gasteiger partial charge is 0.194 e. The van der Waals surface area contributed by atoms with Crippen LogP contribution in [0.4, 0.5) is 5.82 Å². The fourth-order valence-electron chi connectivity index (χ4n) is 3.18. The molecule has 0 aromatic carbocycles. The van der Waals surface area contributed by atoms with Gasteiger partial charge in [-0.2, -0.15) is 5.10 Å². The van der Waals surface area contributed by atoms with Crippen molar-refractivity contribution >= 4 is 11.8 Å². The van der Waals surface area contributed by atoms with E-state index in [0.29, 0.717) is 6.61 Å². The molecule has 0 bridgehead atoms. The Morgan fingerprint density at radius 3 is 3.04 bits per heavy atom. The van der Waals surface area contributed by atoms with Gasteiger partial charge in [0.15, 0.2) is 5.96 Å². The van der Waals surface area contributed by atoms with Crippen LogP contribution in [0, 0.1) is 0 Å². The molecule has 1 atom stereocenters. The molecule has 152 valence electrons. The minimum absolute atomic E-state index is 0.0360. The van der Waals surface area contributed by atoms with E-state index in [9.17, 15) is 0 Å². The monoisotopic (exact) mass is 385 g/mol. The van der Waals surface area contributed by atoms with Gasteiger partial charge in [0, 0.05) is 51.2 Å². The molecule has 0 radical (unpaired) electrons. The number of aryl methyl sites for hydroxylation is 1. The Morgan fingerprint density at radius 2 is 2.29 bits per heavy atom. The van der Waals surface area contributed by atoms with Crippen molar-refractivity contribution in [2.45, 2.75) is 25.9 Å². The third-order valence-corrected chi connectivity index (χ3v) is 4.61. The van der Waals surface area contributed by atoms with Crippen molar-refractivity contribution in [2.75, 3.05) is 44.6 Å². The predicted octanol–water partition coefficient (Wildman–Crippen LogP) is 2.05. The molecule has 1 saturated heterocycles. The maximum absolute atomic E-state index is 5.94. The molecule has 1 unspecified atom stereocenters. The quantitative estimate of drug-likeness (QED) is 0.411. The minimum Gasteiger partial charge on any atom is -0.370 e. The summed E-state index contributed by atoms with van der Waals surface area (Å²) in [6.07, 6.45) is 7.83. The number of anilines is 1. The normalized spacial score (nSPS) is 17.6. The topological polar surface area (TPSA) is 79.6 Å². The van der Waals surface area contributed by atoms with E-state index in [4.69, 9.17) is 9.73 Å². The molecule has 3 rings (SSSR count). The van der Waals surface area contributed by atoms with E-state index >= 15 is 0 Å². The van der Waals surface area contributed by atoms with Crippen LogP contribution in [0.25, 0.3) is 0 Å². The van der Waals surface area contributed by atoms with E-state index in [0.717, 1.165) is 62.9 Å². The Balaban J connectivity index is 1.46. The van der Waals surface area contributed by atoms with Crippen LogP contribution < -0.4 is 10.6 Å². The van der Waals surface area contributed by atoms with Gasteiger partial charge in [-0.15, -0.1) is 0 Å². The van der Waals surface area contributed by atoms with E-state index in [1.165, 1.54) is 0 Å². The lowest BCUT2D eigenvalue weighted by atomic mass is 10.1. The molecule has 0 amide bonds. The Kier molecular flexibility index (Phi) is 7.66. The van der Waals surface area contributed by atoms with Crippen molar-refractivity contribution in [2.24, 2.45) is 12.0 Å². The molecule has 0 aliphatic carbocycles. The van der Waals surface area contributed by atoms with Crippen molar-refractivity contribution in [1.29, 1.82) is 0 Å². The van der Waals surface area contributed by atoms with Crippen LogP contribution in [0.5, 0.6) is 0 Å². The Labute approximate surface area is 167 Å². The van der Waals surface area contributed by atoms with Crippen molar-refractivity contribution in [3.63, 3.8) is 0 Å². The standard InChI is InChI=1S/C20H31N7O/c1-3-21-20(24-11-7-6-10-23-19-8-4-5-9-22-19)27-12-13-28-18(16-27)17-14-25-26(2)15-17/h4-5,8-9,14-15,18H,3,6-7,10-13,16H2,1-2H3,(H,21,24)(H,22,23). The SMILES string of the molecule is CCNC(=NCCCCNc1ccccn1)N1CCOC(c2cnn(C)c2)C1. The van der Waals surface area contributed by atoms with E-state index in [-0.39, 0.29) is 6.10 Å². The number of aromatic nitrogens is 3. The van der Waals surface area contributed by atoms with Gasteiger partial charge in [-0.05, 0) is 31.9 Å². The van der Waals surface area contributed by atoms with E-state index < -0.39 is 0 Å². The first-order valence-electron chi connectivity index (χ1n) is 10.0. The molecule has 28 heavy (non-hydrogen) atoms. The number of nitrogens with zero attached hydrogens (tertiary/aromatic N) is 5. The summed E-state index contributed by atoms with van der Waals surface area (Å²) in [6, 6.07) is 5.90. The molecule has 2 aromatic heterocycles. The third-order valence-electron chi connectivity index (χ3n) is 4.61. The zero-order chi connectivity index (χ0) is 19.6. The predicted molar refractivity (Wildman–Crippen MR) is 111 cm³/mol. The number of ether oxygens (including phenoxy) is 1. The number of aliphatic imine (C=N–C) groups is 1. The second-order valence-electron chi connectivity index (χ2n) is 6.84. The van der Waals surface area contributed by atoms with Crippen LogP contribution in [-0.4, -0.2) is 65.0 Å². The number of hydrogen-bond donors (Lipinski definition) is 2. The molecule has 0 spiro atoms. The van der Waals surface area contributed by atoms with Gasteiger partial charge < -0.3 is 20.3 Å². The molecule has 8 heteroatoms. The molecule has 8 nitrogen and oxygen atoms in total. The summed E-state index contributed by atoms with van der Waals surface area (Å²) in [4.78, 5) is 11.4. The van der Waals surface area contributed by atoms with Gasteiger partial charge >= 0.3 is 0 Å². The van der Waals surface area contributed by atoms with E-state index in [1.54, 1.807) is 6.20 Å². The van der Waals surface area contributed by atoms with Crippen LogP contribution in [0.1, 0.15) is 31.4 Å². The average molecular weight is 386 g/mol. The van der Waals surface area contributed by atoms with Gasteiger partial charge in [-0.3, -0.25) is 9.67 Å². The van der Waals surface area contributed by atoms with Crippen LogP contribution in [-0.2, 0) is 11.8 Å². The number of rotatable bonds is 8. The summed E-state index contributed by atoms with van der Waals surface area (Å²) in [5, 5.41) is 11.0. The lowest BCUT2D eigenvalue weighted by Gasteiger charge is -2.34. The Hall–Kier alpha value is -2.61. The minimum atomic E-state index is 0.0360. The summed E-state index contributed by atoms with van der Waals surface area (Å²) in [6.45, 7) is 7.01. The highest BCUT2D eigenvalue weighted by Crippen LogP contribution is 2.21. The zero-order valence-corrected chi connectivity index (χ0v) is 16.8. The summed E-state index contributed by atoms with van der Waals surface area (Å²) in [5.74, 6) is 1.89. The molecule has 0 saturated carbocycles. The first-order valence-corrected chi connectivity index (χ1v) is 10.0. The van der Waals surface area contributed by atoms with Crippen molar-refractivity contribution in [3.05, 3.63) is 42.4 Å². The third kappa shape index (κ3) is 5.95. The summed E-state index contributed by atoms with van der Waals surface area (Å²) >= 11 is 0.